The summed E-state index contributed by atoms with van der Waals surface area (Å²) in [7, 11) is 1.58. The van der Waals surface area contributed by atoms with Crippen LogP contribution in [-0.2, 0) is 0 Å². The summed E-state index contributed by atoms with van der Waals surface area (Å²) in [5.74, 6) is 0.407. The van der Waals surface area contributed by atoms with Crippen LogP contribution in [0.2, 0.25) is 10.3 Å². The van der Waals surface area contributed by atoms with E-state index in [-0.39, 0.29) is 16.2 Å². The highest BCUT2D eigenvalue weighted by atomic mass is 35.5. The van der Waals surface area contributed by atoms with Crippen molar-refractivity contribution in [3.63, 3.8) is 0 Å². The third-order valence-electron chi connectivity index (χ3n) is 2.37. The van der Waals surface area contributed by atoms with Gasteiger partial charge in [-0.1, -0.05) is 23.2 Å². The summed E-state index contributed by atoms with van der Waals surface area (Å²) in [6.07, 6.45) is 0. The Bertz CT molecular complexity index is 580. The van der Waals surface area contributed by atoms with Crippen molar-refractivity contribution in [2.45, 2.75) is 0 Å². The molecule has 98 valence electrons. The largest absolute Gasteiger partial charge is 0.497 e. The predicted molar refractivity (Wildman–Crippen MR) is 75.2 cm³/mol. The minimum Gasteiger partial charge on any atom is -0.497 e. The van der Waals surface area contributed by atoms with Crippen LogP contribution in [0.25, 0.3) is 0 Å². The molecule has 0 spiro atoms. The smallest absolute Gasteiger partial charge is 0.255 e. The molecule has 1 heterocycles. The van der Waals surface area contributed by atoms with Crippen molar-refractivity contribution in [2.75, 3.05) is 12.4 Å². The topological polar surface area (TPSA) is 51.2 Å². The number of benzene rings is 1. The number of anilines is 1. The predicted octanol–water partition coefficient (Wildman–Crippen LogP) is 3.65. The highest BCUT2D eigenvalue weighted by molar-refractivity contribution is 6.33. The van der Waals surface area contributed by atoms with Gasteiger partial charge < -0.3 is 10.1 Å². The minimum absolute atomic E-state index is 0.174. The van der Waals surface area contributed by atoms with Crippen LogP contribution in [0.3, 0.4) is 0 Å². The second-order valence-corrected chi connectivity index (χ2v) is 4.46. The fourth-order valence-corrected chi connectivity index (χ4v) is 1.93. The van der Waals surface area contributed by atoms with Crippen LogP contribution >= 0.6 is 23.2 Å². The summed E-state index contributed by atoms with van der Waals surface area (Å²) >= 11 is 11.5. The molecule has 0 aliphatic heterocycles. The molecular weight excluding hydrogens is 287 g/mol. The lowest BCUT2D eigenvalue weighted by Gasteiger charge is -2.06. The highest BCUT2D eigenvalue weighted by Crippen LogP contribution is 2.18. The first-order valence-corrected chi connectivity index (χ1v) is 6.12. The van der Waals surface area contributed by atoms with Gasteiger partial charge in [0.1, 0.15) is 16.1 Å². The van der Waals surface area contributed by atoms with Gasteiger partial charge in [0.2, 0.25) is 0 Å². The average molecular weight is 297 g/mol. The van der Waals surface area contributed by atoms with E-state index >= 15 is 0 Å². The Kier molecular flexibility index (Phi) is 4.24. The van der Waals surface area contributed by atoms with Gasteiger partial charge in [0.05, 0.1) is 7.11 Å². The summed E-state index contributed by atoms with van der Waals surface area (Å²) in [6.45, 7) is 0. The van der Waals surface area contributed by atoms with Crippen molar-refractivity contribution in [3.8, 4) is 5.75 Å². The summed E-state index contributed by atoms with van der Waals surface area (Å²) in [5, 5.41) is 3.07. The number of aromatic nitrogens is 1. The standard InChI is InChI=1S/C13H10Cl2N2O2/c1-19-10-4-2-9(3-5-10)16-13(18)8-6-11(14)17-12(15)7-8/h2-7H,1H3,(H,16,18). The number of rotatable bonds is 3. The first kappa shape index (κ1) is 13.6. The minimum atomic E-state index is -0.309. The molecule has 6 heteroatoms. The number of pyridine rings is 1. The number of nitrogens with one attached hydrogen (secondary N) is 1. The molecule has 1 aromatic heterocycles. The van der Waals surface area contributed by atoms with Gasteiger partial charge in [0, 0.05) is 11.3 Å². The molecule has 0 bridgehead atoms. The quantitative estimate of drug-likeness (QED) is 0.880. The number of hydrogen-bond acceptors (Lipinski definition) is 3. The van der Waals surface area contributed by atoms with E-state index in [1.54, 1.807) is 31.4 Å². The summed E-state index contributed by atoms with van der Waals surface area (Å²) in [4.78, 5) is 15.8. The molecule has 19 heavy (non-hydrogen) atoms. The zero-order valence-corrected chi connectivity index (χ0v) is 11.5. The molecule has 0 aliphatic carbocycles. The van der Waals surface area contributed by atoms with Gasteiger partial charge in [-0.3, -0.25) is 4.79 Å². The number of carbonyl (C=O) groups is 1. The Hall–Kier alpha value is -1.78. The third-order valence-corrected chi connectivity index (χ3v) is 2.76. The van der Waals surface area contributed by atoms with Gasteiger partial charge >= 0.3 is 0 Å². The fraction of sp³-hybridized carbons (Fsp3) is 0.0769. The van der Waals surface area contributed by atoms with Gasteiger partial charge in [-0.25, -0.2) is 4.98 Å². The van der Waals surface area contributed by atoms with E-state index in [1.165, 1.54) is 12.1 Å². The SMILES string of the molecule is COc1ccc(NC(=O)c2cc(Cl)nc(Cl)c2)cc1. The van der Waals surface area contributed by atoms with Crippen LogP contribution in [0.5, 0.6) is 5.75 Å². The molecule has 0 aliphatic rings. The van der Waals surface area contributed by atoms with Crippen molar-refractivity contribution < 1.29 is 9.53 Å². The lowest BCUT2D eigenvalue weighted by molar-refractivity contribution is 0.102. The Morgan fingerprint density at radius 1 is 1.16 bits per heavy atom. The second-order valence-electron chi connectivity index (χ2n) is 3.68. The first-order valence-electron chi connectivity index (χ1n) is 5.37. The molecule has 0 saturated heterocycles. The van der Waals surface area contributed by atoms with E-state index in [0.717, 1.165) is 0 Å². The normalized spacial score (nSPS) is 10.1. The van der Waals surface area contributed by atoms with E-state index in [0.29, 0.717) is 17.0 Å². The molecule has 0 radical (unpaired) electrons. The first-order chi connectivity index (χ1) is 9.08. The average Bonchev–Trinajstić information content (AvgIpc) is 2.38. The van der Waals surface area contributed by atoms with Gasteiger partial charge in [-0.05, 0) is 36.4 Å². The Morgan fingerprint density at radius 2 is 1.74 bits per heavy atom. The van der Waals surface area contributed by atoms with E-state index in [2.05, 4.69) is 10.3 Å². The maximum atomic E-state index is 12.0. The van der Waals surface area contributed by atoms with E-state index < -0.39 is 0 Å². The van der Waals surface area contributed by atoms with Crippen molar-refractivity contribution >= 4 is 34.8 Å². The Morgan fingerprint density at radius 3 is 2.26 bits per heavy atom. The molecule has 0 fully saturated rings. The lowest BCUT2D eigenvalue weighted by Crippen LogP contribution is -2.12. The van der Waals surface area contributed by atoms with E-state index in [1.807, 2.05) is 0 Å². The number of ether oxygens (including phenoxy) is 1. The number of amides is 1. The van der Waals surface area contributed by atoms with Gasteiger partial charge in [-0.2, -0.15) is 0 Å². The summed E-state index contributed by atoms with van der Waals surface area (Å²) < 4.78 is 5.03. The highest BCUT2D eigenvalue weighted by Gasteiger charge is 2.09. The number of halogens is 2. The van der Waals surface area contributed by atoms with Crippen LogP contribution in [0.15, 0.2) is 36.4 Å². The van der Waals surface area contributed by atoms with E-state index in [4.69, 9.17) is 27.9 Å². The maximum absolute atomic E-state index is 12.0. The Labute approximate surface area is 120 Å². The van der Waals surface area contributed by atoms with Crippen LogP contribution in [-0.4, -0.2) is 18.0 Å². The van der Waals surface area contributed by atoms with Crippen LogP contribution in [0.1, 0.15) is 10.4 Å². The molecule has 1 aromatic carbocycles. The zero-order valence-electron chi connectivity index (χ0n) is 9.98. The van der Waals surface area contributed by atoms with Crippen molar-refractivity contribution in [1.29, 1.82) is 0 Å². The number of carbonyl (C=O) groups excluding carboxylic acids is 1. The second kappa shape index (κ2) is 5.91. The molecule has 2 aromatic rings. The number of methoxy groups -OCH3 is 1. The van der Waals surface area contributed by atoms with Gasteiger partial charge in [-0.15, -0.1) is 0 Å². The Balaban J connectivity index is 2.15. The monoisotopic (exact) mass is 296 g/mol. The zero-order chi connectivity index (χ0) is 13.8. The number of nitrogens with zero attached hydrogens (tertiary/aromatic N) is 1. The maximum Gasteiger partial charge on any atom is 0.255 e. The van der Waals surface area contributed by atoms with Crippen molar-refractivity contribution in [1.82, 2.24) is 4.98 Å². The fourth-order valence-electron chi connectivity index (χ4n) is 1.47. The summed E-state index contributed by atoms with van der Waals surface area (Å²) in [5.41, 5.74) is 0.996. The molecule has 2 rings (SSSR count). The van der Waals surface area contributed by atoms with Crippen LogP contribution < -0.4 is 10.1 Å². The molecule has 0 unspecified atom stereocenters. The summed E-state index contributed by atoms with van der Waals surface area (Å²) in [6, 6.07) is 9.88. The van der Waals surface area contributed by atoms with Crippen LogP contribution in [0.4, 0.5) is 5.69 Å². The van der Waals surface area contributed by atoms with Crippen LogP contribution in [0, 0.1) is 0 Å². The van der Waals surface area contributed by atoms with Gasteiger partial charge in [0.25, 0.3) is 5.91 Å². The van der Waals surface area contributed by atoms with Gasteiger partial charge in [0.15, 0.2) is 0 Å². The molecule has 0 atom stereocenters. The molecular formula is C13H10Cl2N2O2. The molecule has 1 amide bonds. The van der Waals surface area contributed by atoms with Crippen molar-refractivity contribution in [2.24, 2.45) is 0 Å². The molecule has 1 N–H and O–H groups in total. The molecule has 4 nitrogen and oxygen atoms in total. The number of hydrogen-bond donors (Lipinski definition) is 1. The molecule has 0 saturated carbocycles. The van der Waals surface area contributed by atoms with Crippen molar-refractivity contribution in [3.05, 3.63) is 52.3 Å². The third kappa shape index (κ3) is 3.59. The van der Waals surface area contributed by atoms with E-state index in [9.17, 15) is 4.79 Å². The lowest BCUT2D eigenvalue weighted by atomic mass is 10.2.